The number of ether oxygens (including phenoxy) is 2. The molecule has 0 fully saturated rings. The molecule has 0 amide bonds. The molecule has 0 aliphatic carbocycles. The van der Waals surface area contributed by atoms with Crippen molar-refractivity contribution in [1.29, 1.82) is 0 Å². The Labute approximate surface area is 161 Å². The Bertz CT molecular complexity index is 1190. The van der Waals surface area contributed by atoms with E-state index in [-0.39, 0.29) is 5.56 Å². The number of fused-ring (bicyclic) bond motifs is 1. The Morgan fingerprint density at radius 3 is 2.07 bits per heavy atom. The van der Waals surface area contributed by atoms with Crippen LogP contribution in [0.25, 0.3) is 10.8 Å². The summed E-state index contributed by atoms with van der Waals surface area (Å²) in [4.78, 5) is 12.5. The summed E-state index contributed by atoms with van der Waals surface area (Å²) >= 11 is 0. The van der Waals surface area contributed by atoms with Crippen LogP contribution < -0.4 is 30.2 Å². The molecule has 0 spiro atoms. The number of rotatable bonds is 6. The van der Waals surface area contributed by atoms with Crippen molar-refractivity contribution in [1.82, 2.24) is 9.78 Å². The zero-order valence-electron chi connectivity index (χ0n) is 15.4. The fraction of sp³-hybridized carbons (Fsp3) is 0.176. The third-order valence-corrected chi connectivity index (χ3v) is 4.48. The lowest BCUT2D eigenvalue weighted by Gasteiger charge is -2.14. The maximum atomic E-state index is 12.5. The van der Waals surface area contributed by atoms with Gasteiger partial charge >= 0.3 is 0 Å². The van der Waals surface area contributed by atoms with Crippen molar-refractivity contribution in [2.45, 2.75) is 0 Å². The lowest BCUT2D eigenvalue weighted by molar-refractivity contribution is 0.356. The van der Waals surface area contributed by atoms with E-state index in [0.29, 0.717) is 39.5 Å². The molecule has 0 unspecified atom stereocenters. The van der Waals surface area contributed by atoms with Gasteiger partial charge in [-0.25, -0.2) is 9.82 Å². The molecule has 0 saturated carbocycles. The van der Waals surface area contributed by atoms with Crippen LogP contribution in [0.4, 0.5) is 17.2 Å². The largest absolute Gasteiger partial charge is 0.493 e. The molecule has 0 aliphatic rings. The first-order valence-corrected chi connectivity index (χ1v) is 9.57. The fourth-order valence-corrected chi connectivity index (χ4v) is 3.15. The van der Waals surface area contributed by atoms with Crippen molar-refractivity contribution in [3.63, 3.8) is 0 Å². The summed E-state index contributed by atoms with van der Waals surface area (Å²) < 4.78 is 36.2. The molecule has 10 nitrogen and oxygen atoms in total. The number of anilines is 3. The molecule has 2 aromatic carbocycles. The zero-order valence-corrected chi connectivity index (χ0v) is 16.2. The summed E-state index contributed by atoms with van der Waals surface area (Å²) in [5, 5.41) is 13.3. The van der Waals surface area contributed by atoms with E-state index in [0.717, 1.165) is 0 Å². The van der Waals surface area contributed by atoms with Crippen LogP contribution in [0, 0.1) is 0 Å². The Morgan fingerprint density at radius 1 is 1.00 bits per heavy atom. The number of nitrogens with zero attached hydrogens (tertiary/aromatic N) is 2. The first kappa shape index (κ1) is 19.5. The van der Waals surface area contributed by atoms with Crippen LogP contribution in [0.15, 0.2) is 41.2 Å². The normalized spacial score (nSPS) is 11.3. The number of nitrogens with one attached hydrogen (secondary N) is 2. The number of hydrogen-bond acceptors (Lipinski definition) is 7. The number of aryl methyl sites for hydroxylation is 1. The molecule has 3 aromatic rings. The highest BCUT2D eigenvalue weighted by atomic mass is 32.2. The summed E-state index contributed by atoms with van der Waals surface area (Å²) in [6, 6.07) is 9.64. The summed E-state index contributed by atoms with van der Waals surface area (Å²) in [5.74, 6) is 1.31. The van der Waals surface area contributed by atoms with Gasteiger partial charge in [-0.1, -0.05) is 0 Å². The highest BCUT2D eigenvalue weighted by Gasteiger charge is 2.14. The summed E-state index contributed by atoms with van der Waals surface area (Å²) in [5.41, 5.74) is 0.661. The standard InChI is InChI=1S/C17H19N5O5S/c1-22-17(23)13-9-15(27-3)14(26-2)8-12(13)16(20-22)19-10-4-6-11(7-5-10)21-28(18,24)25/h4-9,21H,1-3H3,(H,19,20)(H2,18,24,25). The molecule has 0 bridgehead atoms. The molecule has 3 rings (SSSR count). The maximum Gasteiger partial charge on any atom is 0.296 e. The van der Waals surface area contributed by atoms with Gasteiger partial charge in [-0.05, 0) is 36.4 Å². The van der Waals surface area contributed by atoms with Crippen LogP contribution in [0.2, 0.25) is 0 Å². The van der Waals surface area contributed by atoms with E-state index >= 15 is 0 Å². The van der Waals surface area contributed by atoms with Crippen molar-refractivity contribution in [2.75, 3.05) is 24.3 Å². The lowest BCUT2D eigenvalue weighted by atomic mass is 10.1. The third-order valence-electron chi connectivity index (χ3n) is 3.96. The minimum atomic E-state index is -3.85. The van der Waals surface area contributed by atoms with E-state index in [4.69, 9.17) is 14.6 Å². The molecular formula is C17H19N5O5S. The minimum Gasteiger partial charge on any atom is -0.493 e. The molecule has 148 valence electrons. The monoisotopic (exact) mass is 405 g/mol. The van der Waals surface area contributed by atoms with Crippen molar-refractivity contribution in [3.05, 3.63) is 46.8 Å². The Kier molecular flexibility index (Phi) is 5.12. The third kappa shape index (κ3) is 4.00. The second-order valence-corrected chi connectivity index (χ2v) is 7.17. The molecule has 1 heterocycles. The lowest BCUT2D eigenvalue weighted by Crippen LogP contribution is -2.21. The van der Waals surface area contributed by atoms with E-state index in [1.165, 1.54) is 18.9 Å². The van der Waals surface area contributed by atoms with Crippen molar-refractivity contribution < 1.29 is 17.9 Å². The molecule has 4 N–H and O–H groups in total. The maximum absolute atomic E-state index is 12.5. The van der Waals surface area contributed by atoms with Gasteiger partial charge in [0, 0.05) is 23.8 Å². The van der Waals surface area contributed by atoms with Gasteiger partial charge in [-0.3, -0.25) is 9.52 Å². The van der Waals surface area contributed by atoms with Gasteiger partial charge in [0.05, 0.1) is 19.6 Å². The Morgan fingerprint density at radius 2 is 1.54 bits per heavy atom. The van der Waals surface area contributed by atoms with Gasteiger partial charge < -0.3 is 14.8 Å². The van der Waals surface area contributed by atoms with E-state index in [1.54, 1.807) is 43.4 Å². The van der Waals surface area contributed by atoms with E-state index in [1.807, 2.05) is 0 Å². The molecule has 0 aliphatic heterocycles. The molecule has 0 saturated heterocycles. The fourth-order valence-electron chi connectivity index (χ4n) is 2.69. The summed E-state index contributed by atoms with van der Waals surface area (Å²) in [6.07, 6.45) is 0. The smallest absolute Gasteiger partial charge is 0.296 e. The molecule has 0 atom stereocenters. The predicted molar refractivity (Wildman–Crippen MR) is 107 cm³/mol. The number of nitrogens with two attached hydrogens (primary N) is 1. The van der Waals surface area contributed by atoms with Crippen LogP contribution >= 0.6 is 0 Å². The van der Waals surface area contributed by atoms with Gasteiger partial charge in [-0.2, -0.15) is 13.5 Å². The first-order chi connectivity index (χ1) is 13.2. The summed E-state index contributed by atoms with van der Waals surface area (Å²) in [7, 11) is 0.690. The Hall–Kier alpha value is -3.31. The number of methoxy groups -OCH3 is 2. The SMILES string of the molecule is COc1cc2c(Nc3ccc(NS(N)(=O)=O)cc3)nn(C)c(=O)c2cc1OC. The molecule has 28 heavy (non-hydrogen) atoms. The second-order valence-electron chi connectivity index (χ2n) is 5.88. The van der Waals surface area contributed by atoms with Crippen molar-refractivity contribution in [3.8, 4) is 11.5 Å². The zero-order chi connectivity index (χ0) is 20.5. The quantitative estimate of drug-likeness (QED) is 0.562. The van der Waals surface area contributed by atoms with Gasteiger partial charge in [-0.15, -0.1) is 0 Å². The van der Waals surface area contributed by atoms with Gasteiger partial charge in [0.25, 0.3) is 15.8 Å². The Balaban J connectivity index is 2.05. The first-order valence-electron chi connectivity index (χ1n) is 8.02. The molecule has 11 heteroatoms. The van der Waals surface area contributed by atoms with Gasteiger partial charge in [0.1, 0.15) is 0 Å². The summed E-state index contributed by atoms with van der Waals surface area (Å²) in [6.45, 7) is 0. The van der Waals surface area contributed by atoms with Gasteiger partial charge in [0.15, 0.2) is 17.3 Å². The second kappa shape index (κ2) is 7.37. The van der Waals surface area contributed by atoms with Crippen LogP contribution in [0.1, 0.15) is 0 Å². The van der Waals surface area contributed by atoms with Crippen molar-refractivity contribution in [2.24, 2.45) is 12.2 Å². The number of aromatic nitrogens is 2. The van der Waals surface area contributed by atoms with E-state index < -0.39 is 10.2 Å². The molecule has 0 radical (unpaired) electrons. The average Bonchev–Trinajstić information content (AvgIpc) is 2.65. The van der Waals surface area contributed by atoms with Crippen LogP contribution in [-0.2, 0) is 17.3 Å². The van der Waals surface area contributed by atoms with E-state index in [9.17, 15) is 13.2 Å². The van der Waals surface area contributed by atoms with E-state index in [2.05, 4.69) is 15.1 Å². The van der Waals surface area contributed by atoms with Gasteiger partial charge in [0.2, 0.25) is 0 Å². The van der Waals surface area contributed by atoms with Crippen LogP contribution in [0.5, 0.6) is 11.5 Å². The number of benzene rings is 2. The molecule has 1 aromatic heterocycles. The van der Waals surface area contributed by atoms with Crippen LogP contribution in [0.3, 0.4) is 0 Å². The minimum absolute atomic E-state index is 0.283. The number of hydrogen-bond donors (Lipinski definition) is 3. The molecular weight excluding hydrogens is 386 g/mol. The predicted octanol–water partition coefficient (Wildman–Crippen LogP) is 1.31. The topological polar surface area (TPSA) is 138 Å². The average molecular weight is 405 g/mol. The van der Waals surface area contributed by atoms with Crippen molar-refractivity contribution >= 4 is 38.2 Å². The highest BCUT2D eigenvalue weighted by Crippen LogP contribution is 2.34. The van der Waals surface area contributed by atoms with Crippen LogP contribution in [-0.4, -0.2) is 32.4 Å². The highest BCUT2D eigenvalue weighted by molar-refractivity contribution is 7.90.